The van der Waals surface area contributed by atoms with Gasteiger partial charge in [-0.05, 0) is 76.7 Å². The number of amides is 1. The molecule has 0 saturated heterocycles. The summed E-state index contributed by atoms with van der Waals surface area (Å²) in [4.78, 5) is 37.8. The van der Waals surface area contributed by atoms with Crippen LogP contribution in [0.25, 0.3) is 0 Å². The van der Waals surface area contributed by atoms with E-state index >= 15 is 0 Å². The molecule has 0 rings (SSSR count). The number of rotatable bonds is 60. The van der Waals surface area contributed by atoms with Gasteiger partial charge >= 0.3 is 13.8 Å². The minimum atomic E-state index is -4.45. The highest BCUT2D eigenvalue weighted by Crippen LogP contribution is 2.43. The van der Waals surface area contributed by atoms with Crippen LogP contribution in [0.2, 0.25) is 0 Å². The third-order valence-electron chi connectivity index (χ3n) is 14.7. The summed E-state index contributed by atoms with van der Waals surface area (Å²) in [6.45, 7) is 6.92. The highest BCUT2D eigenvalue weighted by Gasteiger charge is 2.30. The molecular weight excluding hydrogens is 1000 g/mol. The van der Waals surface area contributed by atoms with Crippen LogP contribution in [0.3, 0.4) is 0 Å². The average molecular weight is 1130 g/mol. The smallest absolute Gasteiger partial charge is 0.456 e. The van der Waals surface area contributed by atoms with E-state index in [0.29, 0.717) is 23.9 Å². The molecule has 0 heterocycles. The normalized spacial score (nSPS) is 14.1. The van der Waals surface area contributed by atoms with E-state index in [4.69, 9.17) is 13.8 Å². The average Bonchev–Trinajstić information content (AvgIpc) is 3.41. The van der Waals surface area contributed by atoms with Crippen LogP contribution in [0.4, 0.5) is 0 Å². The van der Waals surface area contributed by atoms with Crippen LogP contribution in [0.15, 0.2) is 72.9 Å². The number of nitrogens with one attached hydrogen (secondary N) is 1. The quantitative estimate of drug-likeness (QED) is 0.0205. The lowest BCUT2D eigenvalue weighted by Gasteiger charge is -2.27. The van der Waals surface area contributed by atoms with Crippen LogP contribution in [0.1, 0.15) is 303 Å². The molecule has 0 saturated carbocycles. The maximum Gasteiger partial charge on any atom is 0.472 e. The Balaban J connectivity index is 5.05. The van der Waals surface area contributed by atoms with Gasteiger partial charge in [0.15, 0.2) is 0 Å². The number of esters is 1. The molecule has 0 spiro atoms. The molecule has 79 heavy (non-hydrogen) atoms. The van der Waals surface area contributed by atoms with Gasteiger partial charge in [-0.2, -0.15) is 0 Å². The summed E-state index contributed by atoms with van der Waals surface area (Å²) in [6.07, 6.45) is 76.2. The molecule has 0 aromatic rings. The van der Waals surface area contributed by atoms with Crippen molar-refractivity contribution >= 4 is 19.7 Å². The zero-order chi connectivity index (χ0) is 57.9. The van der Waals surface area contributed by atoms with Crippen molar-refractivity contribution in [2.45, 2.75) is 315 Å². The van der Waals surface area contributed by atoms with Gasteiger partial charge in [0.1, 0.15) is 19.3 Å². The molecule has 0 radical (unpaired) electrons. The number of quaternary nitrogens is 1. The Morgan fingerprint density at radius 1 is 0.456 bits per heavy atom. The maximum absolute atomic E-state index is 13.6. The fourth-order valence-corrected chi connectivity index (χ4v) is 10.3. The summed E-state index contributed by atoms with van der Waals surface area (Å²) < 4.78 is 30.7. The molecular formula is C69H128N2O7P+. The summed E-state index contributed by atoms with van der Waals surface area (Å²) >= 11 is 0. The molecule has 0 aliphatic heterocycles. The van der Waals surface area contributed by atoms with Crippen LogP contribution in [-0.4, -0.2) is 74.3 Å². The monoisotopic (exact) mass is 1130 g/mol. The first kappa shape index (κ1) is 76.5. The van der Waals surface area contributed by atoms with Gasteiger partial charge in [-0.1, -0.05) is 287 Å². The van der Waals surface area contributed by atoms with Gasteiger partial charge in [0.25, 0.3) is 0 Å². The fourth-order valence-electron chi connectivity index (χ4n) is 9.56. The van der Waals surface area contributed by atoms with E-state index in [1.54, 1.807) is 0 Å². The van der Waals surface area contributed by atoms with E-state index in [0.717, 1.165) is 89.9 Å². The Morgan fingerprint density at radius 3 is 1.22 bits per heavy atom. The van der Waals surface area contributed by atoms with E-state index in [1.807, 2.05) is 33.3 Å². The Labute approximate surface area is 489 Å². The van der Waals surface area contributed by atoms with Crippen LogP contribution >= 0.6 is 7.82 Å². The van der Waals surface area contributed by atoms with E-state index in [-0.39, 0.29) is 25.1 Å². The van der Waals surface area contributed by atoms with Crippen LogP contribution in [0, 0.1) is 0 Å². The number of ether oxygens (including phenoxy) is 1. The first-order chi connectivity index (χ1) is 38.4. The van der Waals surface area contributed by atoms with Crippen LogP contribution in [0.5, 0.6) is 0 Å². The van der Waals surface area contributed by atoms with Gasteiger partial charge in [0.05, 0.1) is 33.8 Å². The van der Waals surface area contributed by atoms with Crippen LogP contribution < -0.4 is 5.32 Å². The van der Waals surface area contributed by atoms with Gasteiger partial charge in [-0.25, -0.2) is 4.57 Å². The van der Waals surface area contributed by atoms with Gasteiger partial charge in [0.2, 0.25) is 5.91 Å². The van der Waals surface area contributed by atoms with Gasteiger partial charge in [-0.3, -0.25) is 18.6 Å². The molecule has 3 unspecified atom stereocenters. The van der Waals surface area contributed by atoms with Crippen molar-refractivity contribution in [1.82, 2.24) is 5.32 Å². The molecule has 1 amide bonds. The molecule has 0 aliphatic rings. The molecule has 460 valence electrons. The summed E-state index contributed by atoms with van der Waals surface area (Å²) in [7, 11) is 1.50. The number of phosphoric acid groups is 1. The van der Waals surface area contributed by atoms with Crippen molar-refractivity contribution in [2.75, 3.05) is 40.9 Å². The first-order valence-corrected chi connectivity index (χ1v) is 34.8. The zero-order valence-corrected chi connectivity index (χ0v) is 53.5. The number of hydrogen-bond donors (Lipinski definition) is 2. The van der Waals surface area contributed by atoms with E-state index in [2.05, 4.69) is 86.8 Å². The van der Waals surface area contributed by atoms with E-state index < -0.39 is 20.0 Å². The number of carbonyl (C=O) groups is 2. The van der Waals surface area contributed by atoms with E-state index in [9.17, 15) is 19.0 Å². The third kappa shape index (κ3) is 59.9. The largest absolute Gasteiger partial charge is 0.472 e. The summed E-state index contributed by atoms with van der Waals surface area (Å²) in [5, 5.41) is 3.06. The van der Waals surface area contributed by atoms with Crippen molar-refractivity contribution in [3.8, 4) is 0 Å². The number of likely N-dealkylation sites (N-methyl/N-ethyl adjacent to an activating group) is 1. The lowest BCUT2D eigenvalue weighted by molar-refractivity contribution is -0.870. The Bertz CT molecular complexity index is 1580. The van der Waals surface area contributed by atoms with Crippen molar-refractivity contribution < 1.29 is 37.3 Å². The zero-order valence-electron chi connectivity index (χ0n) is 52.6. The van der Waals surface area contributed by atoms with E-state index in [1.165, 1.54) is 180 Å². The highest BCUT2D eigenvalue weighted by atomic mass is 31.2. The molecule has 2 N–H and O–H groups in total. The van der Waals surface area contributed by atoms with Crippen molar-refractivity contribution in [2.24, 2.45) is 0 Å². The topological polar surface area (TPSA) is 111 Å². The number of carbonyl (C=O) groups excluding carboxylic acids is 2. The fraction of sp³-hybridized carbons (Fsp3) is 0.797. The second-order valence-corrected chi connectivity index (χ2v) is 25.1. The van der Waals surface area contributed by atoms with Crippen molar-refractivity contribution in [3.05, 3.63) is 72.9 Å². The number of allylic oxidation sites excluding steroid dienone is 11. The number of unbranched alkanes of at least 4 members (excludes halogenated alkanes) is 34. The summed E-state index contributed by atoms with van der Waals surface area (Å²) in [5.74, 6) is -0.500. The van der Waals surface area contributed by atoms with Crippen molar-refractivity contribution in [1.29, 1.82) is 0 Å². The van der Waals surface area contributed by atoms with Crippen LogP contribution in [-0.2, 0) is 27.9 Å². The molecule has 3 atom stereocenters. The molecule has 0 aromatic carbocycles. The number of nitrogens with zero attached hydrogens (tertiary/aromatic N) is 1. The Hall–Kier alpha value is -2.55. The molecule has 10 heteroatoms. The first-order valence-electron chi connectivity index (χ1n) is 33.3. The predicted molar refractivity (Wildman–Crippen MR) is 341 cm³/mol. The molecule has 0 fully saturated rings. The standard InChI is InChI=1S/C69H127N2O7P/c1-7-10-13-16-19-22-25-28-30-31-32-33-34-35-36-37-38-39-40-41-42-43-46-49-52-55-58-61-68(72)70-66(65-77-79(74,75)76-64-63-71(4,5)6)67(60-57-54-51-48-45-27-24-21-18-15-12-9-3)78-69(73)62-59-56-53-50-47-44-29-26-23-20-17-14-11-8-2/h10,13,19,22,28,30,32-33,35-36,57,60,66-67H,7-9,11-12,14-18,20-21,23-27,29,31,34,37-56,58-59,61-65H2,1-6H3,(H-,70,72,74,75)/p+1/b13-10-,22-19-,30-28-,33-32-,36-35-,60-57-. The van der Waals surface area contributed by atoms with Crippen molar-refractivity contribution in [3.63, 3.8) is 0 Å². The maximum atomic E-state index is 13.6. The molecule has 0 bridgehead atoms. The second kappa shape index (κ2) is 58.6. The number of hydrogen-bond acceptors (Lipinski definition) is 6. The molecule has 9 nitrogen and oxygen atoms in total. The minimum absolute atomic E-state index is 0.0393. The second-order valence-electron chi connectivity index (χ2n) is 23.6. The Kier molecular flexibility index (Phi) is 56.7. The summed E-state index contributed by atoms with van der Waals surface area (Å²) in [5.41, 5.74) is 0. The predicted octanol–water partition coefficient (Wildman–Crippen LogP) is 20.8. The highest BCUT2D eigenvalue weighted by molar-refractivity contribution is 7.47. The Morgan fingerprint density at radius 2 is 0.810 bits per heavy atom. The lowest BCUT2D eigenvalue weighted by Crippen LogP contribution is -2.47. The molecule has 0 aliphatic carbocycles. The SMILES string of the molecule is CC/C=C\C/C=C\C/C=C\C/C=C\C/C=C\CCCCCCCCCCCCCC(=O)NC(COP(=O)(O)OCC[N+](C)(C)C)C(/C=C\CCCCCCCCCCCC)OC(=O)CCCCCCCCCCCCCCCC. The minimum Gasteiger partial charge on any atom is -0.456 e. The van der Waals surface area contributed by atoms with Gasteiger partial charge < -0.3 is 19.4 Å². The molecule has 0 aromatic heterocycles. The number of phosphoric ester groups is 1. The van der Waals surface area contributed by atoms with Gasteiger partial charge in [-0.15, -0.1) is 0 Å². The lowest BCUT2D eigenvalue weighted by atomic mass is 10.0. The summed E-state index contributed by atoms with van der Waals surface area (Å²) in [6, 6.07) is -0.850. The third-order valence-corrected chi connectivity index (χ3v) is 15.6. The van der Waals surface area contributed by atoms with Gasteiger partial charge in [0, 0.05) is 12.8 Å².